The molecule has 0 aliphatic carbocycles. The quantitative estimate of drug-likeness (QED) is 0.612. The monoisotopic (exact) mass is 340 g/mol. The van der Waals surface area contributed by atoms with E-state index in [4.69, 9.17) is 9.47 Å². The maximum Gasteiger partial charge on any atom is 0.222 e. The summed E-state index contributed by atoms with van der Waals surface area (Å²) in [4.78, 5) is 16.6. The highest BCUT2D eigenvalue weighted by Crippen LogP contribution is 2.20. The molecule has 0 aromatic heterocycles. The first kappa shape index (κ1) is 19.7. The first-order valence-electron chi connectivity index (χ1n) is 9.69. The molecule has 0 N–H and O–H groups in total. The van der Waals surface area contributed by atoms with E-state index in [2.05, 4.69) is 25.8 Å². The first-order valence-corrected chi connectivity index (χ1v) is 9.69. The van der Waals surface area contributed by atoms with Crippen molar-refractivity contribution in [2.24, 2.45) is 11.8 Å². The Kier molecular flexibility index (Phi) is 8.50. The van der Waals surface area contributed by atoms with Crippen molar-refractivity contribution in [2.45, 2.75) is 52.0 Å². The van der Waals surface area contributed by atoms with Gasteiger partial charge < -0.3 is 14.4 Å². The zero-order chi connectivity index (χ0) is 17.4. The Hall–Kier alpha value is -0.650. The predicted molar refractivity (Wildman–Crippen MR) is 96.0 cm³/mol. The van der Waals surface area contributed by atoms with E-state index in [0.717, 1.165) is 38.6 Å². The van der Waals surface area contributed by atoms with Gasteiger partial charge in [0.05, 0.1) is 32.5 Å². The number of hydrogen-bond donors (Lipinski definition) is 0. The largest absolute Gasteiger partial charge is 0.378 e. The zero-order valence-corrected chi connectivity index (χ0v) is 15.8. The molecule has 2 saturated heterocycles. The first-order chi connectivity index (χ1) is 11.6. The van der Waals surface area contributed by atoms with Gasteiger partial charge in [-0.3, -0.25) is 9.69 Å². The molecule has 2 atom stereocenters. The third-order valence-corrected chi connectivity index (χ3v) is 5.49. The molecule has 140 valence electrons. The molecule has 0 aromatic rings. The third kappa shape index (κ3) is 6.69. The lowest BCUT2D eigenvalue weighted by Crippen LogP contribution is -2.47. The molecule has 5 nitrogen and oxygen atoms in total. The molecular formula is C19H36N2O3. The van der Waals surface area contributed by atoms with Crippen LogP contribution in [0, 0.1) is 11.8 Å². The Labute approximate surface area is 147 Å². The van der Waals surface area contributed by atoms with Crippen LogP contribution < -0.4 is 0 Å². The molecule has 2 rings (SSSR count). The fourth-order valence-electron chi connectivity index (χ4n) is 3.40. The van der Waals surface area contributed by atoms with Gasteiger partial charge in [0.1, 0.15) is 0 Å². The number of ether oxygens (including phenoxy) is 2. The van der Waals surface area contributed by atoms with Gasteiger partial charge in [-0.2, -0.15) is 0 Å². The number of nitrogens with zero attached hydrogens (tertiary/aromatic N) is 2. The molecule has 0 spiro atoms. The highest BCUT2D eigenvalue weighted by Gasteiger charge is 2.22. The van der Waals surface area contributed by atoms with Crippen molar-refractivity contribution in [3.63, 3.8) is 0 Å². The summed E-state index contributed by atoms with van der Waals surface area (Å²) in [6.45, 7) is 10.5. The summed E-state index contributed by atoms with van der Waals surface area (Å²) in [5.41, 5.74) is 0. The fraction of sp³-hybridized carbons (Fsp3) is 0.947. The summed E-state index contributed by atoms with van der Waals surface area (Å²) >= 11 is 0. The predicted octanol–water partition coefficient (Wildman–Crippen LogP) is 2.40. The second-order valence-electron chi connectivity index (χ2n) is 7.80. The molecule has 2 aliphatic rings. The van der Waals surface area contributed by atoms with Gasteiger partial charge in [-0.15, -0.1) is 0 Å². The third-order valence-electron chi connectivity index (χ3n) is 5.49. The van der Waals surface area contributed by atoms with Gasteiger partial charge in [-0.25, -0.2) is 0 Å². The SMILES string of the molecule is CC(CC[C@H](C)CCCN(C)C1COC1)CC(=O)N1CCOCC1. The standard InChI is InChI=1S/C19H36N2O3/c1-16(5-4-8-20(3)18-14-24-15-18)6-7-17(2)13-19(22)21-9-11-23-12-10-21/h16-18H,4-15H2,1-3H3/t16-,17?/m1/s1. The summed E-state index contributed by atoms with van der Waals surface area (Å²) in [6, 6.07) is 0.645. The van der Waals surface area contributed by atoms with Crippen molar-refractivity contribution in [1.29, 1.82) is 0 Å². The number of amides is 1. The maximum atomic E-state index is 12.3. The van der Waals surface area contributed by atoms with E-state index >= 15 is 0 Å². The van der Waals surface area contributed by atoms with E-state index < -0.39 is 0 Å². The molecule has 2 heterocycles. The number of likely N-dealkylation sites (N-methyl/N-ethyl adjacent to an activating group) is 1. The normalized spacial score (nSPS) is 21.6. The molecule has 0 radical (unpaired) electrons. The van der Waals surface area contributed by atoms with Crippen molar-refractivity contribution in [2.75, 3.05) is 53.1 Å². The van der Waals surface area contributed by atoms with Crippen LogP contribution >= 0.6 is 0 Å². The second kappa shape index (κ2) is 10.4. The Morgan fingerprint density at radius 2 is 1.75 bits per heavy atom. The fourth-order valence-corrected chi connectivity index (χ4v) is 3.40. The lowest BCUT2D eigenvalue weighted by atomic mass is 9.92. The Morgan fingerprint density at radius 1 is 1.08 bits per heavy atom. The molecule has 0 aromatic carbocycles. The van der Waals surface area contributed by atoms with Crippen LogP contribution in [0.3, 0.4) is 0 Å². The molecule has 0 bridgehead atoms. The Morgan fingerprint density at radius 3 is 2.38 bits per heavy atom. The number of carbonyl (C=O) groups excluding carboxylic acids is 1. The lowest BCUT2D eigenvalue weighted by molar-refractivity contribution is -0.136. The summed E-state index contributed by atoms with van der Waals surface area (Å²) < 4.78 is 10.6. The van der Waals surface area contributed by atoms with Gasteiger partial charge in [-0.1, -0.05) is 20.3 Å². The van der Waals surface area contributed by atoms with Gasteiger partial charge in [-0.05, 0) is 44.7 Å². The smallest absolute Gasteiger partial charge is 0.222 e. The van der Waals surface area contributed by atoms with E-state index in [1.54, 1.807) is 0 Å². The van der Waals surface area contributed by atoms with Gasteiger partial charge in [0, 0.05) is 19.5 Å². The Bertz CT molecular complexity index is 368. The van der Waals surface area contributed by atoms with E-state index in [0.29, 0.717) is 37.5 Å². The van der Waals surface area contributed by atoms with Crippen LogP contribution in [0.4, 0.5) is 0 Å². The molecular weight excluding hydrogens is 304 g/mol. The molecule has 5 heteroatoms. The molecule has 24 heavy (non-hydrogen) atoms. The van der Waals surface area contributed by atoms with Crippen LogP contribution in [0.5, 0.6) is 0 Å². The topological polar surface area (TPSA) is 42.0 Å². The van der Waals surface area contributed by atoms with Crippen molar-refractivity contribution in [3.05, 3.63) is 0 Å². The molecule has 2 fully saturated rings. The molecule has 0 saturated carbocycles. The van der Waals surface area contributed by atoms with Crippen molar-refractivity contribution in [3.8, 4) is 0 Å². The van der Waals surface area contributed by atoms with Crippen LogP contribution in [0.25, 0.3) is 0 Å². The van der Waals surface area contributed by atoms with E-state index in [9.17, 15) is 4.79 Å². The lowest BCUT2D eigenvalue weighted by Gasteiger charge is -2.34. The maximum absolute atomic E-state index is 12.3. The van der Waals surface area contributed by atoms with Crippen LogP contribution in [-0.2, 0) is 14.3 Å². The number of morpholine rings is 1. The number of hydrogen-bond acceptors (Lipinski definition) is 4. The van der Waals surface area contributed by atoms with Crippen LogP contribution in [0.15, 0.2) is 0 Å². The van der Waals surface area contributed by atoms with E-state index in [1.807, 2.05) is 4.90 Å². The summed E-state index contributed by atoms with van der Waals surface area (Å²) in [5.74, 6) is 1.54. The number of rotatable bonds is 10. The molecule has 1 amide bonds. The zero-order valence-electron chi connectivity index (χ0n) is 15.8. The molecule has 2 aliphatic heterocycles. The minimum Gasteiger partial charge on any atom is -0.378 e. The minimum absolute atomic E-state index is 0.308. The summed E-state index contributed by atoms with van der Waals surface area (Å²) in [6.07, 6.45) is 5.62. The summed E-state index contributed by atoms with van der Waals surface area (Å²) in [7, 11) is 2.21. The van der Waals surface area contributed by atoms with E-state index in [-0.39, 0.29) is 0 Å². The number of carbonyl (C=O) groups is 1. The molecule has 1 unspecified atom stereocenters. The van der Waals surface area contributed by atoms with Crippen molar-refractivity contribution < 1.29 is 14.3 Å². The highest BCUT2D eigenvalue weighted by atomic mass is 16.5. The van der Waals surface area contributed by atoms with Gasteiger partial charge in [0.2, 0.25) is 5.91 Å². The van der Waals surface area contributed by atoms with Crippen LogP contribution in [0.2, 0.25) is 0 Å². The van der Waals surface area contributed by atoms with Crippen LogP contribution in [-0.4, -0.2) is 74.9 Å². The van der Waals surface area contributed by atoms with E-state index in [1.165, 1.54) is 25.8 Å². The van der Waals surface area contributed by atoms with Gasteiger partial charge in [0.25, 0.3) is 0 Å². The van der Waals surface area contributed by atoms with Crippen LogP contribution in [0.1, 0.15) is 46.0 Å². The summed E-state index contributed by atoms with van der Waals surface area (Å²) in [5, 5.41) is 0. The highest BCUT2D eigenvalue weighted by molar-refractivity contribution is 5.76. The van der Waals surface area contributed by atoms with Crippen molar-refractivity contribution >= 4 is 5.91 Å². The average molecular weight is 341 g/mol. The van der Waals surface area contributed by atoms with Gasteiger partial charge in [0.15, 0.2) is 0 Å². The van der Waals surface area contributed by atoms with Gasteiger partial charge >= 0.3 is 0 Å². The average Bonchev–Trinajstić information content (AvgIpc) is 2.52. The second-order valence-corrected chi connectivity index (χ2v) is 7.80. The minimum atomic E-state index is 0.308. The van der Waals surface area contributed by atoms with Crippen molar-refractivity contribution in [1.82, 2.24) is 9.80 Å². The Balaban J connectivity index is 1.51.